The van der Waals surface area contributed by atoms with Crippen molar-refractivity contribution in [2.75, 3.05) is 17.3 Å². The van der Waals surface area contributed by atoms with E-state index in [4.69, 9.17) is 5.84 Å². The molecule has 0 unspecified atom stereocenters. The molecule has 4 N–H and O–H groups in total. The van der Waals surface area contributed by atoms with Gasteiger partial charge >= 0.3 is 0 Å². The van der Waals surface area contributed by atoms with Gasteiger partial charge in [-0.25, -0.2) is 10.8 Å². The first-order valence-electron chi connectivity index (χ1n) is 6.84. The molecule has 0 radical (unpaired) electrons. The average Bonchev–Trinajstić information content (AvgIpc) is 2.46. The second-order valence-electron chi connectivity index (χ2n) is 5.11. The van der Waals surface area contributed by atoms with E-state index in [1.54, 1.807) is 12.4 Å². The predicted molar refractivity (Wildman–Crippen MR) is 74.1 cm³/mol. The van der Waals surface area contributed by atoms with Crippen molar-refractivity contribution in [2.24, 2.45) is 17.7 Å². The maximum atomic E-state index is 5.31. The third kappa shape index (κ3) is 3.57. The van der Waals surface area contributed by atoms with Gasteiger partial charge in [0.05, 0.1) is 12.4 Å². The molecule has 100 valence electrons. The van der Waals surface area contributed by atoms with E-state index in [1.807, 2.05) is 0 Å². The molecule has 0 spiro atoms. The number of nitrogens with one attached hydrogen (secondary N) is 2. The highest BCUT2D eigenvalue weighted by Crippen LogP contribution is 2.30. The highest BCUT2D eigenvalue weighted by molar-refractivity contribution is 5.40. The van der Waals surface area contributed by atoms with Crippen LogP contribution in [0, 0.1) is 11.8 Å². The van der Waals surface area contributed by atoms with Gasteiger partial charge in [-0.15, -0.1) is 0 Å². The normalized spacial score (nSPS) is 23.7. The van der Waals surface area contributed by atoms with E-state index in [9.17, 15) is 0 Å². The number of nitrogens with two attached hydrogens (primary N) is 1. The van der Waals surface area contributed by atoms with Crippen LogP contribution in [0.3, 0.4) is 0 Å². The van der Waals surface area contributed by atoms with Gasteiger partial charge in [-0.3, -0.25) is 4.98 Å². The molecule has 0 saturated heterocycles. The third-order valence-corrected chi connectivity index (χ3v) is 3.90. The van der Waals surface area contributed by atoms with Crippen molar-refractivity contribution in [3.63, 3.8) is 0 Å². The maximum Gasteiger partial charge on any atom is 0.160 e. The van der Waals surface area contributed by atoms with Crippen LogP contribution in [0.2, 0.25) is 0 Å². The Kier molecular flexibility index (Phi) is 4.75. The van der Waals surface area contributed by atoms with Gasteiger partial charge in [0.25, 0.3) is 0 Å². The van der Waals surface area contributed by atoms with Gasteiger partial charge < -0.3 is 10.7 Å². The molecule has 2 rings (SSSR count). The number of aromatic nitrogens is 2. The second-order valence-corrected chi connectivity index (χ2v) is 5.11. The van der Waals surface area contributed by atoms with Crippen LogP contribution in [0.15, 0.2) is 12.4 Å². The maximum absolute atomic E-state index is 5.31. The van der Waals surface area contributed by atoms with Gasteiger partial charge in [0.15, 0.2) is 5.82 Å². The molecule has 5 heteroatoms. The Labute approximate surface area is 109 Å². The van der Waals surface area contributed by atoms with Crippen LogP contribution < -0.4 is 16.6 Å². The summed E-state index contributed by atoms with van der Waals surface area (Å²) in [6, 6.07) is 0. The second kappa shape index (κ2) is 6.54. The van der Waals surface area contributed by atoms with E-state index in [0.717, 1.165) is 24.2 Å². The number of nitrogen functional groups attached to an aromatic ring is 1. The summed E-state index contributed by atoms with van der Waals surface area (Å²) in [5.74, 6) is 8.41. The number of hydrogen-bond acceptors (Lipinski definition) is 5. The Hall–Kier alpha value is -1.36. The van der Waals surface area contributed by atoms with Gasteiger partial charge in [-0.2, -0.15) is 0 Å². The first-order valence-corrected chi connectivity index (χ1v) is 6.84. The zero-order valence-corrected chi connectivity index (χ0v) is 11.0. The Morgan fingerprint density at radius 3 is 2.50 bits per heavy atom. The summed E-state index contributed by atoms with van der Waals surface area (Å²) in [5.41, 5.74) is 2.51. The van der Waals surface area contributed by atoms with Crippen LogP contribution in [0.4, 0.5) is 11.6 Å². The van der Waals surface area contributed by atoms with Gasteiger partial charge in [-0.1, -0.05) is 26.2 Å². The SMILES string of the molecule is CCC1CCC(CNc2cncc(NN)n2)CC1. The van der Waals surface area contributed by atoms with Crippen molar-refractivity contribution in [1.29, 1.82) is 0 Å². The van der Waals surface area contributed by atoms with Crippen LogP contribution in [0.25, 0.3) is 0 Å². The molecule has 1 aromatic heterocycles. The Bertz CT molecular complexity index is 360. The lowest BCUT2D eigenvalue weighted by Gasteiger charge is -2.27. The van der Waals surface area contributed by atoms with E-state index in [1.165, 1.54) is 32.1 Å². The Balaban J connectivity index is 1.77. The molecule has 1 fully saturated rings. The van der Waals surface area contributed by atoms with Crippen molar-refractivity contribution >= 4 is 11.6 Å². The molecular formula is C13H23N5. The van der Waals surface area contributed by atoms with Crippen LogP contribution in [-0.4, -0.2) is 16.5 Å². The fraction of sp³-hybridized carbons (Fsp3) is 0.692. The molecule has 1 aliphatic rings. The van der Waals surface area contributed by atoms with Gasteiger partial charge in [0.1, 0.15) is 5.82 Å². The molecule has 0 bridgehead atoms. The van der Waals surface area contributed by atoms with E-state index >= 15 is 0 Å². The largest absolute Gasteiger partial charge is 0.368 e. The lowest BCUT2D eigenvalue weighted by atomic mass is 9.81. The van der Waals surface area contributed by atoms with Crippen LogP contribution >= 0.6 is 0 Å². The van der Waals surface area contributed by atoms with E-state index in [0.29, 0.717) is 5.82 Å². The van der Waals surface area contributed by atoms with Crippen LogP contribution in [-0.2, 0) is 0 Å². The molecule has 1 aromatic rings. The summed E-state index contributed by atoms with van der Waals surface area (Å²) >= 11 is 0. The predicted octanol–water partition coefficient (Wildman–Crippen LogP) is 2.39. The fourth-order valence-corrected chi connectivity index (χ4v) is 2.61. The first kappa shape index (κ1) is 13.1. The van der Waals surface area contributed by atoms with E-state index in [-0.39, 0.29) is 0 Å². The van der Waals surface area contributed by atoms with E-state index in [2.05, 4.69) is 27.6 Å². The van der Waals surface area contributed by atoms with Crippen LogP contribution in [0.5, 0.6) is 0 Å². The number of hydrogen-bond donors (Lipinski definition) is 3. The smallest absolute Gasteiger partial charge is 0.160 e. The highest BCUT2D eigenvalue weighted by Gasteiger charge is 2.19. The molecule has 0 aliphatic heterocycles. The molecule has 0 aromatic carbocycles. The highest BCUT2D eigenvalue weighted by atomic mass is 15.3. The minimum atomic E-state index is 0.592. The summed E-state index contributed by atoms with van der Waals surface area (Å²) in [6.07, 6.45) is 10.1. The first-order chi connectivity index (χ1) is 8.81. The topological polar surface area (TPSA) is 75.9 Å². The molecular weight excluding hydrogens is 226 g/mol. The van der Waals surface area contributed by atoms with Crippen molar-refractivity contribution in [1.82, 2.24) is 9.97 Å². The summed E-state index contributed by atoms with van der Waals surface area (Å²) in [7, 11) is 0. The Morgan fingerprint density at radius 2 is 1.83 bits per heavy atom. The molecule has 1 heterocycles. The minimum absolute atomic E-state index is 0.592. The lowest BCUT2D eigenvalue weighted by molar-refractivity contribution is 0.278. The van der Waals surface area contributed by atoms with Crippen LogP contribution in [0.1, 0.15) is 39.0 Å². The molecule has 0 atom stereocenters. The number of hydrazine groups is 1. The molecule has 5 nitrogen and oxygen atoms in total. The molecule has 1 aliphatic carbocycles. The summed E-state index contributed by atoms with van der Waals surface area (Å²) < 4.78 is 0. The average molecular weight is 249 g/mol. The van der Waals surface area contributed by atoms with Crippen molar-refractivity contribution < 1.29 is 0 Å². The van der Waals surface area contributed by atoms with Gasteiger partial charge in [-0.05, 0) is 24.7 Å². The van der Waals surface area contributed by atoms with Crippen molar-refractivity contribution in [3.8, 4) is 0 Å². The van der Waals surface area contributed by atoms with Crippen molar-refractivity contribution in [3.05, 3.63) is 12.4 Å². The summed E-state index contributed by atoms with van der Waals surface area (Å²) in [6.45, 7) is 3.28. The molecule has 1 saturated carbocycles. The standard InChI is InChI=1S/C13H23N5/c1-2-10-3-5-11(6-4-10)7-16-12-8-15-9-13(17-12)18-14/h8-11H,2-7,14H2,1H3,(H2,16,17,18). The minimum Gasteiger partial charge on any atom is -0.368 e. The molecule has 0 amide bonds. The Morgan fingerprint density at radius 1 is 1.17 bits per heavy atom. The fourth-order valence-electron chi connectivity index (χ4n) is 2.61. The molecule has 18 heavy (non-hydrogen) atoms. The zero-order valence-electron chi connectivity index (χ0n) is 11.0. The quantitative estimate of drug-likeness (QED) is 0.552. The van der Waals surface area contributed by atoms with Gasteiger partial charge in [0.2, 0.25) is 0 Å². The monoisotopic (exact) mass is 249 g/mol. The summed E-state index contributed by atoms with van der Waals surface area (Å²) in [4.78, 5) is 8.37. The zero-order chi connectivity index (χ0) is 12.8. The lowest BCUT2D eigenvalue weighted by Crippen LogP contribution is -2.21. The van der Waals surface area contributed by atoms with E-state index < -0.39 is 0 Å². The van der Waals surface area contributed by atoms with Gasteiger partial charge in [0, 0.05) is 6.54 Å². The number of anilines is 2. The summed E-state index contributed by atoms with van der Waals surface area (Å²) in [5, 5.41) is 3.35. The third-order valence-electron chi connectivity index (χ3n) is 3.90. The van der Waals surface area contributed by atoms with Crippen molar-refractivity contribution in [2.45, 2.75) is 39.0 Å². The number of nitrogens with zero attached hydrogens (tertiary/aromatic N) is 2. The number of rotatable bonds is 5.